The fraction of sp³-hybridized carbons (Fsp3) is 0.364. The fourth-order valence-electron chi connectivity index (χ4n) is 5.78. The van der Waals surface area contributed by atoms with Crippen LogP contribution in [0.2, 0.25) is 0 Å². The summed E-state index contributed by atoms with van der Waals surface area (Å²) in [6.45, 7) is 6.80. The van der Waals surface area contributed by atoms with Crippen LogP contribution in [0.3, 0.4) is 0 Å². The zero-order valence-electron chi connectivity index (χ0n) is 24.3. The number of hydrogen-bond acceptors (Lipinski definition) is 9. The molecule has 1 aromatic heterocycles. The highest BCUT2D eigenvalue weighted by Gasteiger charge is 2.43. The molecule has 1 aliphatic heterocycles. The molecule has 0 saturated heterocycles. The summed E-state index contributed by atoms with van der Waals surface area (Å²) < 4.78 is 27.9. The molecule has 0 bridgehead atoms. The Hall–Kier alpha value is -4.37. The molecular formula is C33H35NO8. The summed E-state index contributed by atoms with van der Waals surface area (Å²) in [6.07, 6.45) is 2.05. The summed E-state index contributed by atoms with van der Waals surface area (Å²) in [4.78, 5) is 41.3. The van der Waals surface area contributed by atoms with Gasteiger partial charge in [0.15, 0.2) is 22.7 Å². The van der Waals surface area contributed by atoms with Crippen molar-refractivity contribution in [2.75, 3.05) is 33.5 Å². The number of para-hydroxylation sites is 1. The molecule has 42 heavy (non-hydrogen) atoms. The van der Waals surface area contributed by atoms with E-state index in [9.17, 15) is 14.4 Å². The number of hydrogen-bond donors (Lipinski definition) is 1. The third-order valence-electron chi connectivity index (χ3n) is 7.69. The van der Waals surface area contributed by atoms with E-state index in [1.807, 2.05) is 32.0 Å². The Kier molecular flexibility index (Phi) is 8.77. The van der Waals surface area contributed by atoms with E-state index < -0.39 is 11.9 Å². The van der Waals surface area contributed by atoms with E-state index >= 15 is 0 Å². The quantitative estimate of drug-likeness (QED) is 0.260. The zero-order valence-corrected chi connectivity index (χ0v) is 24.3. The van der Waals surface area contributed by atoms with Crippen LogP contribution in [-0.2, 0) is 19.1 Å². The van der Waals surface area contributed by atoms with Crippen LogP contribution in [0.4, 0.5) is 0 Å². The number of carbonyl (C=O) groups is 2. The van der Waals surface area contributed by atoms with Gasteiger partial charge in [0, 0.05) is 35.6 Å². The molecule has 0 amide bonds. The predicted molar refractivity (Wildman–Crippen MR) is 157 cm³/mol. The van der Waals surface area contributed by atoms with Crippen molar-refractivity contribution in [1.29, 1.82) is 0 Å². The number of benzene rings is 2. The van der Waals surface area contributed by atoms with E-state index in [-0.39, 0.29) is 47.9 Å². The van der Waals surface area contributed by atoms with Crippen molar-refractivity contribution < 1.29 is 33.0 Å². The van der Waals surface area contributed by atoms with Crippen LogP contribution in [0.25, 0.3) is 11.0 Å². The van der Waals surface area contributed by atoms with Crippen molar-refractivity contribution in [3.63, 3.8) is 0 Å². The van der Waals surface area contributed by atoms with Crippen LogP contribution in [0.1, 0.15) is 56.6 Å². The Morgan fingerprint density at radius 3 is 2.60 bits per heavy atom. The van der Waals surface area contributed by atoms with Gasteiger partial charge in [0.2, 0.25) is 0 Å². The van der Waals surface area contributed by atoms with Gasteiger partial charge in [0.1, 0.15) is 12.2 Å². The lowest BCUT2D eigenvalue weighted by molar-refractivity contribution is -0.140. The lowest BCUT2D eigenvalue weighted by atomic mass is 9.72. The van der Waals surface area contributed by atoms with Gasteiger partial charge in [-0.2, -0.15) is 0 Å². The third-order valence-corrected chi connectivity index (χ3v) is 7.69. The highest BCUT2D eigenvalue weighted by atomic mass is 16.6. The monoisotopic (exact) mass is 573 g/mol. The van der Waals surface area contributed by atoms with E-state index in [2.05, 4.69) is 5.32 Å². The number of nitrogens with one attached hydrogen (secondary N) is 1. The molecule has 2 heterocycles. The number of ketones is 1. The van der Waals surface area contributed by atoms with Crippen molar-refractivity contribution in [2.24, 2.45) is 0 Å². The topological polar surface area (TPSA) is 113 Å². The lowest BCUT2D eigenvalue weighted by Gasteiger charge is -2.36. The van der Waals surface area contributed by atoms with Crippen LogP contribution in [-0.4, -0.2) is 45.3 Å². The Balaban J connectivity index is 1.57. The van der Waals surface area contributed by atoms with E-state index in [0.717, 1.165) is 5.56 Å². The Bertz CT molecular complexity index is 1630. The second-order valence-electron chi connectivity index (χ2n) is 10.2. The number of ether oxygens (including phenoxy) is 4. The number of carbonyl (C=O) groups excluding carboxylic acids is 2. The van der Waals surface area contributed by atoms with Gasteiger partial charge in [0.05, 0.1) is 43.5 Å². The second kappa shape index (κ2) is 12.7. The molecular weight excluding hydrogens is 538 g/mol. The summed E-state index contributed by atoms with van der Waals surface area (Å²) in [5.74, 6) is -0.630. The summed E-state index contributed by atoms with van der Waals surface area (Å²) in [7, 11) is 1.58. The summed E-state index contributed by atoms with van der Waals surface area (Å²) >= 11 is 0. The molecule has 220 valence electrons. The number of fused-ring (bicyclic) bond motifs is 1. The molecule has 2 aromatic carbocycles. The van der Waals surface area contributed by atoms with Gasteiger partial charge in [-0.25, -0.2) is 4.79 Å². The lowest BCUT2D eigenvalue weighted by Crippen LogP contribution is -2.37. The van der Waals surface area contributed by atoms with Gasteiger partial charge < -0.3 is 28.7 Å². The minimum Gasteiger partial charge on any atom is -0.493 e. The number of rotatable bonds is 10. The smallest absolute Gasteiger partial charge is 0.336 e. The largest absolute Gasteiger partial charge is 0.493 e. The van der Waals surface area contributed by atoms with E-state index in [4.69, 9.17) is 23.4 Å². The number of dihydropyridines is 1. The van der Waals surface area contributed by atoms with Gasteiger partial charge in [0.25, 0.3) is 0 Å². The van der Waals surface area contributed by atoms with Crippen LogP contribution in [0, 0.1) is 0 Å². The first-order valence-electron chi connectivity index (χ1n) is 14.2. The first-order valence-corrected chi connectivity index (χ1v) is 14.2. The number of allylic oxidation sites excluding steroid dienone is 3. The van der Waals surface area contributed by atoms with Crippen molar-refractivity contribution in [3.05, 3.63) is 92.6 Å². The standard InChI is InChI=1S/C33H35NO8/c1-5-39-13-14-41-33(37)29-19(3)34-24-15-21(20-11-12-27(40-6-2)28(17-20)38-4)16-25(35)31(24)30(29)23-18-42-26-10-8-7-9-22(26)32(23)36/h7-12,17-18,21,30,34H,5-6,13-16H2,1-4H3. The Labute approximate surface area is 244 Å². The first kappa shape index (κ1) is 29.1. The summed E-state index contributed by atoms with van der Waals surface area (Å²) in [5.41, 5.74) is 3.06. The minimum absolute atomic E-state index is 0.0456. The van der Waals surface area contributed by atoms with Crippen LogP contribution >= 0.6 is 0 Å². The molecule has 3 aromatic rings. The maximum Gasteiger partial charge on any atom is 0.336 e. The number of Topliss-reactive ketones (excluding diaryl/α,β-unsaturated/α-hetero) is 1. The second-order valence-corrected chi connectivity index (χ2v) is 10.2. The average Bonchev–Trinajstić information content (AvgIpc) is 2.99. The van der Waals surface area contributed by atoms with Crippen LogP contribution in [0.15, 0.2) is 80.5 Å². The van der Waals surface area contributed by atoms with Gasteiger partial charge in [-0.05, 0) is 62.9 Å². The molecule has 9 heteroatoms. The molecule has 0 fully saturated rings. The molecule has 2 unspecified atom stereocenters. The van der Waals surface area contributed by atoms with Crippen molar-refractivity contribution in [1.82, 2.24) is 5.32 Å². The molecule has 0 spiro atoms. The van der Waals surface area contributed by atoms with Crippen LogP contribution < -0.4 is 20.2 Å². The van der Waals surface area contributed by atoms with Crippen molar-refractivity contribution >= 4 is 22.7 Å². The maximum atomic E-state index is 14.0. The Morgan fingerprint density at radius 1 is 1.02 bits per heavy atom. The van der Waals surface area contributed by atoms with Gasteiger partial charge in [-0.15, -0.1) is 0 Å². The van der Waals surface area contributed by atoms with E-state index in [0.29, 0.717) is 59.1 Å². The van der Waals surface area contributed by atoms with Gasteiger partial charge in [-0.3, -0.25) is 9.59 Å². The SMILES string of the molecule is CCOCCOC(=O)C1=C(C)NC2=C(C(=O)CC(c3ccc(OCC)c(OC)c3)C2)C1c1coc2ccccc2c1=O. The van der Waals surface area contributed by atoms with Gasteiger partial charge in [-0.1, -0.05) is 18.2 Å². The predicted octanol–water partition coefficient (Wildman–Crippen LogP) is 5.14. The van der Waals surface area contributed by atoms with E-state index in [1.165, 1.54) is 6.26 Å². The molecule has 1 N–H and O–H groups in total. The highest BCUT2D eigenvalue weighted by molar-refractivity contribution is 6.04. The summed E-state index contributed by atoms with van der Waals surface area (Å²) in [5, 5.41) is 3.69. The number of esters is 1. The molecule has 5 rings (SSSR count). The molecule has 9 nitrogen and oxygen atoms in total. The first-order chi connectivity index (χ1) is 20.4. The molecule has 2 aliphatic rings. The zero-order chi connectivity index (χ0) is 29.8. The molecule has 2 atom stereocenters. The Morgan fingerprint density at radius 2 is 1.83 bits per heavy atom. The van der Waals surface area contributed by atoms with Crippen molar-refractivity contribution in [3.8, 4) is 11.5 Å². The average molecular weight is 574 g/mol. The normalized spacial score (nSPS) is 18.5. The van der Waals surface area contributed by atoms with Crippen molar-refractivity contribution in [2.45, 2.75) is 45.4 Å². The molecule has 0 radical (unpaired) electrons. The maximum absolute atomic E-state index is 14.0. The fourth-order valence-corrected chi connectivity index (χ4v) is 5.78. The van der Waals surface area contributed by atoms with E-state index in [1.54, 1.807) is 38.3 Å². The van der Waals surface area contributed by atoms with Gasteiger partial charge >= 0.3 is 5.97 Å². The summed E-state index contributed by atoms with van der Waals surface area (Å²) in [6, 6.07) is 12.6. The number of methoxy groups -OCH3 is 1. The third kappa shape index (κ3) is 5.56. The molecule has 0 saturated carbocycles. The molecule has 1 aliphatic carbocycles. The minimum atomic E-state index is -0.940. The van der Waals surface area contributed by atoms with Crippen LogP contribution in [0.5, 0.6) is 11.5 Å². The highest BCUT2D eigenvalue weighted by Crippen LogP contribution is 2.46.